The van der Waals surface area contributed by atoms with Gasteiger partial charge in [0.2, 0.25) is 0 Å². The third kappa shape index (κ3) is 2.97. The molecule has 1 amide bonds. The Morgan fingerprint density at radius 2 is 2.00 bits per heavy atom. The van der Waals surface area contributed by atoms with Crippen LogP contribution in [0.3, 0.4) is 0 Å². The van der Waals surface area contributed by atoms with Gasteiger partial charge in [-0.25, -0.2) is 4.98 Å². The van der Waals surface area contributed by atoms with Gasteiger partial charge in [0.05, 0.1) is 12.2 Å². The Kier molecular flexibility index (Phi) is 3.57. The average Bonchev–Trinajstić information content (AvgIpc) is 3.45. The largest absolute Gasteiger partial charge is 0.486 e. The molecule has 118 valence electrons. The van der Waals surface area contributed by atoms with Crippen LogP contribution in [0.5, 0.6) is 11.5 Å². The van der Waals surface area contributed by atoms with Gasteiger partial charge >= 0.3 is 0 Å². The van der Waals surface area contributed by atoms with Gasteiger partial charge in [-0.2, -0.15) is 0 Å². The van der Waals surface area contributed by atoms with Crippen molar-refractivity contribution >= 4 is 5.91 Å². The predicted molar refractivity (Wildman–Crippen MR) is 82.4 cm³/mol. The van der Waals surface area contributed by atoms with Gasteiger partial charge in [0.15, 0.2) is 11.5 Å². The number of nitrogens with one attached hydrogen (secondary N) is 1. The molecule has 1 N–H and O–H groups in total. The van der Waals surface area contributed by atoms with Gasteiger partial charge < -0.3 is 14.8 Å². The number of fused-ring (bicyclic) bond motifs is 1. The second-order valence-corrected chi connectivity index (χ2v) is 5.78. The molecular formula is C17H17N3O3. The molecule has 1 saturated carbocycles. The summed E-state index contributed by atoms with van der Waals surface area (Å²) in [6.45, 7) is 1.12. The van der Waals surface area contributed by atoms with Crippen molar-refractivity contribution in [2.75, 3.05) is 13.2 Å². The van der Waals surface area contributed by atoms with Crippen LogP contribution in [-0.4, -0.2) is 29.1 Å². The van der Waals surface area contributed by atoms with Crippen LogP contribution in [0.2, 0.25) is 0 Å². The minimum atomic E-state index is -0.204. The first-order chi connectivity index (χ1) is 11.3. The molecule has 1 aliphatic heterocycles. The van der Waals surface area contributed by atoms with Crippen LogP contribution in [0.4, 0.5) is 0 Å². The van der Waals surface area contributed by atoms with Crippen molar-refractivity contribution < 1.29 is 14.3 Å². The fourth-order valence-corrected chi connectivity index (χ4v) is 2.79. The Labute approximate surface area is 133 Å². The van der Waals surface area contributed by atoms with E-state index in [0.29, 0.717) is 24.8 Å². The first kappa shape index (κ1) is 14.0. The van der Waals surface area contributed by atoms with Crippen LogP contribution < -0.4 is 14.8 Å². The van der Waals surface area contributed by atoms with E-state index in [-0.39, 0.29) is 11.9 Å². The lowest BCUT2D eigenvalue weighted by Crippen LogP contribution is -2.30. The predicted octanol–water partition coefficient (Wildman–Crippen LogP) is 2.13. The van der Waals surface area contributed by atoms with Crippen LogP contribution in [0.1, 0.15) is 34.9 Å². The molecule has 0 radical (unpaired) electrons. The van der Waals surface area contributed by atoms with Crippen molar-refractivity contribution in [1.82, 2.24) is 15.3 Å². The van der Waals surface area contributed by atoms with Crippen LogP contribution in [-0.2, 0) is 0 Å². The maximum atomic E-state index is 12.4. The molecule has 2 aliphatic rings. The van der Waals surface area contributed by atoms with Crippen LogP contribution in [0, 0.1) is 5.92 Å². The summed E-state index contributed by atoms with van der Waals surface area (Å²) in [5.74, 6) is 1.76. The average molecular weight is 311 g/mol. The molecule has 6 heteroatoms. The van der Waals surface area contributed by atoms with Crippen molar-refractivity contribution in [1.29, 1.82) is 0 Å². The van der Waals surface area contributed by atoms with Gasteiger partial charge in [0.1, 0.15) is 18.9 Å². The SMILES string of the molecule is O=C(N[C@H](c1ccc2c(c1)OCCO2)C1CC1)c1cnccn1. The number of nitrogens with zero attached hydrogens (tertiary/aromatic N) is 2. The normalized spacial score (nSPS) is 17.4. The van der Waals surface area contributed by atoms with Crippen molar-refractivity contribution in [3.63, 3.8) is 0 Å². The number of carbonyl (C=O) groups is 1. The van der Waals surface area contributed by atoms with Crippen molar-refractivity contribution in [3.8, 4) is 11.5 Å². The third-order valence-corrected chi connectivity index (χ3v) is 4.10. The molecule has 1 fully saturated rings. The second kappa shape index (κ2) is 5.87. The topological polar surface area (TPSA) is 73.3 Å². The lowest BCUT2D eigenvalue weighted by molar-refractivity contribution is 0.0926. The molecule has 4 rings (SSSR count). The lowest BCUT2D eigenvalue weighted by atomic mass is 10.0. The van der Waals surface area contributed by atoms with E-state index in [1.54, 1.807) is 6.20 Å². The van der Waals surface area contributed by atoms with E-state index in [0.717, 1.165) is 29.9 Å². The lowest BCUT2D eigenvalue weighted by Gasteiger charge is -2.23. The van der Waals surface area contributed by atoms with Gasteiger partial charge in [-0.1, -0.05) is 6.07 Å². The van der Waals surface area contributed by atoms with Gasteiger partial charge in [0.25, 0.3) is 5.91 Å². The van der Waals surface area contributed by atoms with E-state index in [4.69, 9.17) is 9.47 Å². The first-order valence-corrected chi connectivity index (χ1v) is 7.78. The van der Waals surface area contributed by atoms with Crippen molar-refractivity contribution in [2.45, 2.75) is 18.9 Å². The van der Waals surface area contributed by atoms with E-state index >= 15 is 0 Å². The summed E-state index contributed by atoms with van der Waals surface area (Å²) in [4.78, 5) is 20.4. The summed E-state index contributed by atoms with van der Waals surface area (Å²) in [5.41, 5.74) is 1.37. The summed E-state index contributed by atoms with van der Waals surface area (Å²) in [5, 5.41) is 3.08. The summed E-state index contributed by atoms with van der Waals surface area (Å²) in [6, 6.07) is 5.83. The molecule has 2 heterocycles. The smallest absolute Gasteiger partial charge is 0.271 e. The number of rotatable bonds is 4. The highest BCUT2D eigenvalue weighted by Crippen LogP contribution is 2.43. The van der Waals surface area contributed by atoms with Gasteiger partial charge in [-0.3, -0.25) is 9.78 Å². The van der Waals surface area contributed by atoms with Crippen molar-refractivity contribution in [3.05, 3.63) is 48.0 Å². The summed E-state index contributed by atoms with van der Waals surface area (Å²) >= 11 is 0. The van der Waals surface area contributed by atoms with Crippen LogP contribution in [0.15, 0.2) is 36.8 Å². The van der Waals surface area contributed by atoms with E-state index in [1.165, 1.54) is 12.4 Å². The minimum Gasteiger partial charge on any atom is -0.486 e. The molecule has 1 aromatic carbocycles. The Morgan fingerprint density at radius 3 is 2.74 bits per heavy atom. The molecule has 6 nitrogen and oxygen atoms in total. The number of benzene rings is 1. The Hall–Kier alpha value is -2.63. The van der Waals surface area contributed by atoms with Gasteiger partial charge in [0, 0.05) is 12.4 Å². The molecule has 1 aromatic heterocycles. The monoisotopic (exact) mass is 311 g/mol. The molecule has 1 aliphatic carbocycles. The first-order valence-electron chi connectivity index (χ1n) is 7.78. The molecular weight excluding hydrogens is 294 g/mol. The minimum absolute atomic E-state index is 0.0414. The zero-order valence-corrected chi connectivity index (χ0v) is 12.6. The van der Waals surface area contributed by atoms with Crippen LogP contribution in [0.25, 0.3) is 0 Å². The summed E-state index contributed by atoms with van der Waals surface area (Å²) in [7, 11) is 0. The molecule has 23 heavy (non-hydrogen) atoms. The number of hydrogen-bond acceptors (Lipinski definition) is 5. The zero-order chi connectivity index (χ0) is 15.6. The number of ether oxygens (including phenoxy) is 2. The van der Waals surface area contributed by atoms with E-state index < -0.39 is 0 Å². The summed E-state index contributed by atoms with van der Waals surface area (Å²) < 4.78 is 11.2. The van der Waals surface area contributed by atoms with E-state index in [1.807, 2.05) is 18.2 Å². The molecule has 0 saturated heterocycles. The third-order valence-electron chi connectivity index (χ3n) is 4.10. The summed E-state index contributed by atoms with van der Waals surface area (Å²) in [6.07, 6.45) is 6.77. The molecule has 0 unspecified atom stereocenters. The van der Waals surface area contributed by atoms with E-state index in [2.05, 4.69) is 15.3 Å². The second-order valence-electron chi connectivity index (χ2n) is 5.78. The van der Waals surface area contributed by atoms with Crippen molar-refractivity contribution in [2.24, 2.45) is 5.92 Å². The van der Waals surface area contributed by atoms with Gasteiger partial charge in [-0.15, -0.1) is 0 Å². The molecule has 0 bridgehead atoms. The fourth-order valence-electron chi connectivity index (χ4n) is 2.79. The highest BCUT2D eigenvalue weighted by molar-refractivity contribution is 5.92. The quantitative estimate of drug-likeness (QED) is 0.936. The Bertz CT molecular complexity index is 716. The zero-order valence-electron chi connectivity index (χ0n) is 12.6. The number of carbonyl (C=O) groups excluding carboxylic acids is 1. The standard InChI is InChI=1S/C17H17N3O3/c21-17(13-10-18-5-6-19-13)20-16(11-1-2-11)12-3-4-14-15(9-12)23-8-7-22-14/h3-6,9-11,16H,1-2,7-8H2,(H,20,21)/t16-/m0/s1. The maximum Gasteiger partial charge on any atom is 0.271 e. The fraction of sp³-hybridized carbons (Fsp3) is 0.353. The highest BCUT2D eigenvalue weighted by atomic mass is 16.6. The molecule has 0 spiro atoms. The van der Waals surface area contributed by atoms with Crippen LogP contribution >= 0.6 is 0 Å². The Balaban J connectivity index is 1.57. The Morgan fingerprint density at radius 1 is 1.17 bits per heavy atom. The highest BCUT2D eigenvalue weighted by Gasteiger charge is 2.34. The maximum absolute atomic E-state index is 12.4. The number of hydrogen-bond donors (Lipinski definition) is 1. The van der Waals surface area contributed by atoms with E-state index in [9.17, 15) is 4.79 Å². The molecule has 2 aromatic rings. The van der Waals surface area contributed by atoms with Gasteiger partial charge in [-0.05, 0) is 36.5 Å². The molecule has 1 atom stereocenters. The number of aromatic nitrogens is 2. The number of amides is 1.